The lowest BCUT2D eigenvalue weighted by atomic mass is 10.1. The van der Waals surface area contributed by atoms with Gasteiger partial charge in [0.15, 0.2) is 11.5 Å². The van der Waals surface area contributed by atoms with E-state index in [0.29, 0.717) is 42.7 Å². The van der Waals surface area contributed by atoms with Gasteiger partial charge in [0.2, 0.25) is 0 Å². The fourth-order valence-corrected chi connectivity index (χ4v) is 3.23. The summed E-state index contributed by atoms with van der Waals surface area (Å²) in [6.07, 6.45) is 3.46. The van der Waals surface area contributed by atoms with Crippen molar-refractivity contribution in [1.82, 2.24) is 9.88 Å². The van der Waals surface area contributed by atoms with E-state index in [1.54, 1.807) is 49.7 Å². The zero-order valence-electron chi connectivity index (χ0n) is 19.1. The lowest BCUT2D eigenvalue weighted by molar-refractivity contribution is 0.0729. The van der Waals surface area contributed by atoms with E-state index in [0.717, 1.165) is 16.9 Å². The molecule has 0 saturated heterocycles. The molecule has 0 fully saturated rings. The van der Waals surface area contributed by atoms with Gasteiger partial charge in [-0.05, 0) is 59.5 Å². The Balaban J connectivity index is 1.83. The molecule has 0 N–H and O–H groups in total. The first-order valence-electron chi connectivity index (χ1n) is 10.6. The second-order valence-electron chi connectivity index (χ2n) is 7.94. The number of carbonyl (C=O) groups is 1. The topological polar surface area (TPSA) is 60.9 Å². The third-order valence-corrected chi connectivity index (χ3v) is 4.92. The molecule has 0 aliphatic carbocycles. The minimum absolute atomic E-state index is 0.0945. The van der Waals surface area contributed by atoms with Crippen molar-refractivity contribution in [1.29, 1.82) is 0 Å². The van der Waals surface area contributed by atoms with Gasteiger partial charge >= 0.3 is 0 Å². The van der Waals surface area contributed by atoms with Gasteiger partial charge < -0.3 is 19.1 Å². The van der Waals surface area contributed by atoms with Gasteiger partial charge in [0, 0.05) is 31.0 Å². The minimum Gasteiger partial charge on any atom is -0.493 e. The molecule has 168 valence electrons. The minimum atomic E-state index is -0.0945. The van der Waals surface area contributed by atoms with Gasteiger partial charge in [0.05, 0.1) is 20.8 Å². The van der Waals surface area contributed by atoms with Crippen LogP contribution in [0.3, 0.4) is 0 Å². The van der Waals surface area contributed by atoms with Crippen LogP contribution < -0.4 is 14.2 Å². The molecule has 2 aromatic carbocycles. The fourth-order valence-electron chi connectivity index (χ4n) is 3.23. The summed E-state index contributed by atoms with van der Waals surface area (Å²) in [4.78, 5) is 19.3. The summed E-state index contributed by atoms with van der Waals surface area (Å²) in [7, 11) is 3.13. The monoisotopic (exact) mass is 434 g/mol. The van der Waals surface area contributed by atoms with Crippen molar-refractivity contribution in [2.75, 3.05) is 20.8 Å². The van der Waals surface area contributed by atoms with Crippen LogP contribution in [0.25, 0.3) is 0 Å². The molecule has 0 atom stereocenters. The van der Waals surface area contributed by atoms with Crippen molar-refractivity contribution >= 4 is 5.91 Å². The molecule has 1 aromatic heterocycles. The molecule has 3 aromatic rings. The molecule has 0 bridgehead atoms. The van der Waals surface area contributed by atoms with E-state index in [1.807, 2.05) is 36.4 Å². The number of pyridine rings is 1. The van der Waals surface area contributed by atoms with Crippen molar-refractivity contribution in [3.05, 3.63) is 83.7 Å². The van der Waals surface area contributed by atoms with Gasteiger partial charge in [-0.25, -0.2) is 0 Å². The zero-order valence-corrected chi connectivity index (χ0v) is 19.1. The summed E-state index contributed by atoms with van der Waals surface area (Å²) in [5.41, 5.74) is 2.56. The average Bonchev–Trinajstić information content (AvgIpc) is 2.82. The molecule has 1 amide bonds. The predicted molar refractivity (Wildman–Crippen MR) is 124 cm³/mol. The standard InChI is InChI=1S/C26H30N2O4/c1-19(2)18-32-23-8-5-20(6-9-23)16-28(17-21-11-13-27-14-12-21)26(29)22-7-10-24(30-3)25(15-22)31-4/h5-15,19H,16-18H2,1-4H3. The van der Waals surface area contributed by atoms with Gasteiger partial charge in [0.25, 0.3) is 5.91 Å². The summed E-state index contributed by atoms with van der Waals surface area (Å²) in [5.74, 6) is 2.30. The Labute approximate surface area is 189 Å². The highest BCUT2D eigenvalue weighted by Crippen LogP contribution is 2.28. The SMILES string of the molecule is COc1ccc(C(=O)N(Cc2ccncc2)Cc2ccc(OCC(C)C)cc2)cc1OC. The fraction of sp³-hybridized carbons (Fsp3) is 0.308. The van der Waals surface area contributed by atoms with Crippen molar-refractivity contribution in [3.8, 4) is 17.2 Å². The van der Waals surface area contributed by atoms with Crippen LogP contribution in [0.1, 0.15) is 35.3 Å². The molecular formula is C26H30N2O4. The Kier molecular flexibility index (Phi) is 8.08. The number of aromatic nitrogens is 1. The Morgan fingerprint density at radius 1 is 0.875 bits per heavy atom. The maximum atomic E-state index is 13.5. The van der Waals surface area contributed by atoms with E-state index in [-0.39, 0.29) is 5.91 Å². The van der Waals surface area contributed by atoms with Crippen molar-refractivity contribution < 1.29 is 19.0 Å². The number of hydrogen-bond donors (Lipinski definition) is 0. The molecule has 0 unspecified atom stereocenters. The van der Waals surface area contributed by atoms with Crippen molar-refractivity contribution in [3.63, 3.8) is 0 Å². The highest BCUT2D eigenvalue weighted by Gasteiger charge is 2.19. The van der Waals surface area contributed by atoms with Crippen molar-refractivity contribution in [2.24, 2.45) is 5.92 Å². The van der Waals surface area contributed by atoms with E-state index >= 15 is 0 Å². The largest absolute Gasteiger partial charge is 0.493 e. The molecule has 1 heterocycles. The predicted octanol–water partition coefficient (Wildman–Crippen LogP) is 4.98. The van der Waals surface area contributed by atoms with E-state index in [4.69, 9.17) is 14.2 Å². The molecule has 0 aliphatic heterocycles. The molecule has 0 radical (unpaired) electrons. The molecule has 32 heavy (non-hydrogen) atoms. The van der Waals surface area contributed by atoms with E-state index < -0.39 is 0 Å². The summed E-state index contributed by atoms with van der Waals surface area (Å²) in [6, 6.07) is 16.9. The van der Waals surface area contributed by atoms with Gasteiger partial charge in [-0.2, -0.15) is 0 Å². The second-order valence-corrected chi connectivity index (χ2v) is 7.94. The van der Waals surface area contributed by atoms with Crippen LogP contribution in [0.5, 0.6) is 17.2 Å². The van der Waals surface area contributed by atoms with Crippen LogP contribution in [-0.2, 0) is 13.1 Å². The average molecular weight is 435 g/mol. The Bertz CT molecular complexity index is 1000. The highest BCUT2D eigenvalue weighted by molar-refractivity contribution is 5.95. The smallest absolute Gasteiger partial charge is 0.254 e. The maximum absolute atomic E-state index is 13.5. The van der Waals surface area contributed by atoms with E-state index in [1.165, 1.54) is 0 Å². The molecular weight excluding hydrogens is 404 g/mol. The third-order valence-electron chi connectivity index (χ3n) is 4.92. The van der Waals surface area contributed by atoms with Gasteiger partial charge in [-0.1, -0.05) is 26.0 Å². The lowest BCUT2D eigenvalue weighted by Gasteiger charge is -2.24. The van der Waals surface area contributed by atoms with Crippen LogP contribution in [0, 0.1) is 5.92 Å². The summed E-state index contributed by atoms with van der Waals surface area (Å²) in [5, 5.41) is 0. The van der Waals surface area contributed by atoms with Gasteiger partial charge in [-0.15, -0.1) is 0 Å². The number of benzene rings is 2. The number of rotatable bonds is 10. The summed E-state index contributed by atoms with van der Waals surface area (Å²) < 4.78 is 16.5. The quantitative estimate of drug-likeness (QED) is 0.451. The summed E-state index contributed by atoms with van der Waals surface area (Å²) >= 11 is 0. The van der Waals surface area contributed by atoms with Crippen LogP contribution in [0.4, 0.5) is 0 Å². The third kappa shape index (κ3) is 6.23. The lowest BCUT2D eigenvalue weighted by Crippen LogP contribution is -2.30. The van der Waals surface area contributed by atoms with Crippen LogP contribution in [0.15, 0.2) is 67.0 Å². The summed E-state index contributed by atoms with van der Waals surface area (Å²) in [6.45, 7) is 5.82. The van der Waals surface area contributed by atoms with Crippen LogP contribution in [0.2, 0.25) is 0 Å². The number of ether oxygens (including phenoxy) is 3. The molecule has 3 rings (SSSR count). The van der Waals surface area contributed by atoms with Crippen molar-refractivity contribution in [2.45, 2.75) is 26.9 Å². The first kappa shape index (κ1) is 23.1. The maximum Gasteiger partial charge on any atom is 0.254 e. The van der Waals surface area contributed by atoms with Gasteiger partial charge in [-0.3, -0.25) is 9.78 Å². The number of hydrogen-bond acceptors (Lipinski definition) is 5. The van der Waals surface area contributed by atoms with Crippen LogP contribution >= 0.6 is 0 Å². The first-order chi connectivity index (χ1) is 15.5. The van der Waals surface area contributed by atoms with Crippen LogP contribution in [-0.4, -0.2) is 36.6 Å². The highest BCUT2D eigenvalue weighted by atomic mass is 16.5. The molecule has 0 aliphatic rings. The zero-order chi connectivity index (χ0) is 22.9. The van der Waals surface area contributed by atoms with E-state index in [2.05, 4.69) is 18.8 Å². The number of methoxy groups -OCH3 is 2. The number of amides is 1. The van der Waals surface area contributed by atoms with Gasteiger partial charge in [0.1, 0.15) is 5.75 Å². The first-order valence-corrected chi connectivity index (χ1v) is 10.6. The molecule has 0 saturated carbocycles. The molecule has 6 nitrogen and oxygen atoms in total. The van der Waals surface area contributed by atoms with E-state index in [9.17, 15) is 4.79 Å². The Morgan fingerprint density at radius 3 is 2.09 bits per heavy atom. The molecule has 0 spiro atoms. The normalized spacial score (nSPS) is 10.7. The number of nitrogens with zero attached hydrogens (tertiary/aromatic N) is 2. The Hall–Kier alpha value is -3.54. The Morgan fingerprint density at radius 2 is 1.50 bits per heavy atom. The molecule has 6 heteroatoms. The number of carbonyl (C=O) groups excluding carboxylic acids is 1. The second kappa shape index (κ2) is 11.2.